The van der Waals surface area contributed by atoms with E-state index in [1.54, 1.807) is 18.2 Å². The molecule has 2 heterocycles. The molecule has 0 fully saturated rings. The summed E-state index contributed by atoms with van der Waals surface area (Å²) in [5.74, 6) is -1.45. The molecule has 2 atom stereocenters. The topological polar surface area (TPSA) is 166 Å². The number of hydrogen-bond donors (Lipinski definition) is 5. The molecule has 0 unspecified atom stereocenters. The normalized spacial score (nSPS) is 18.4. The number of fused-ring (bicyclic) bond motifs is 3. The minimum atomic E-state index is -1.23. The number of para-hydroxylation sites is 1. The number of aliphatic hydroxyl groups excluding tert-OH is 1. The Morgan fingerprint density at radius 1 is 1.15 bits per heavy atom. The Morgan fingerprint density at radius 3 is 2.74 bits per heavy atom. The molecule has 0 spiro atoms. The third-order valence-electron chi connectivity index (χ3n) is 6.42. The van der Waals surface area contributed by atoms with E-state index in [9.17, 15) is 24.3 Å². The van der Waals surface area contributed by atoms with Gasteiger partial charge in [0.2, 0.25) is 17.7 Å². The lowest BCUT2D eigenvalue weighted by molar-refractivity contribution is -0.135. The number of rotatable bonds is 3. The zero-order valence-electron chi connectivity index (χ0n) is 21.8. The molecule has 0 saturated carbocycles. The summed E-state index contributed by atoms with van der Waals surface area (Å²) < 4.78 is 5.77. The van der Waals surface area contributed by atoms with Crippen molar-refractivity contribution in [2.45, 2.75) is 32.4 Å². The Morgan fingerprint density at radius 2 is 1.95 bits per heavy atom. The number of aromatic amines is 1. The fourth-order valence-corrected chi connectivity index (χ4v) is 4.24. The van der Waals surface area contributed by atoms with Gasteiger partial charge in [-0.3, -0.25) is 24.3 Å². The van der Waals surface area contributed by atoms with Crippen LogP contribution in [0.4, 0.5) is 0 Å². The van der Waals surface area contributed by atoms with Crippen molar-refractivity contribution >= 4 is 34.5 Å². The van der Waals surface area contributed by atoms with E-state index in [1.165, 1.54) is 11.8 Å². The third-order valence-corrected chi connectivity index (χ3v) is 6.42. The lowest BCUT2D eigenvalue weighted by atomic mass is 10.1. The number of ether oxygens (including phenoxy) is 1. The molecule has 2 aromatic carbocycles. The largest absolute Gasteiger partial charge is 0.491 e. The Balaban J connectivity index is 1.52. The fourth-order valence-electron chi connectivity index (χ4n) is 4.24. The molecule has 0 saturated heterocycles. The summed E-state index contributed by atoms with van der Waals surface area (Å²) in [4.78, 5) is 53.0. The van der Waals surface area contributed by atoms with E-state index >= 15 is 0 Å². The number of benzene rings is 2. The van der Waals surface area contributed by atoms with Crippen LogP contribution in [0.5, 0.6) is 5.75 Å². The first-order valence-corrected chi connectivity index (χ1v) is 12.7. The van der Waals surface area contributed by atoms with Crippen LogP contribution in [-0.4, -0.2) is 88.8 Å². The van der Waals surface area contributed by atoms with Gasteiger partial charge in [-0.15, -0.1) is 0 Å². The van der Waals surface area contributed by atoms with Crippen LogP contribution in [0.3, 0.4) is 0 Å². The van der Waals surface area contributed by atoms with E-state index in [2.05, 4.69) is 26.1 Å². The maximum Gasteiger partial charge on any atom is 0.252 e. The summed E-state index contributed by atoms with van der Waals surface area (Å²) in [6.07, 6.45) is -1.21. The fraction of sp³-hybridized carbons (Fsp3) is 0.370. The Labute approximate surface area is 225 Å². The molecule has 4 amide bonds. The quantitative estimate of drug-likeness (QED) is 0.315. The number of aryl methyl sites for hydroxylation is 1. The minimum Gasteiger partial charge on any atom is -0.491 e. The zero-order valence-corrected chi connectivity index (χ0v) is 21.8. The van der Waals surface area contributed by atoms with E-state index in [0.29, 0.717) is 11.4 Å². The summed E-state index contributed by atoms with van der Waals surface area (Å²) in [5.41, 5.74) is 2.38. The summed E-state index contributed by atoms with van der Waals surface area (Å²) >= 11 is 0. The van der Waals surface area contributed by atoms with Crippen LogP contribution in [0, 0.1) is 6.92 Å². The number of amides is 4. The van der Waals surface area contributed by atoms with Gasteiger partial charge in [-0.05, 0) is 37.6 Å². The van der Waals surface area contributed by atoms with E-state index in [-0.39, 0.29) is 56.6 Å². The second kappa shape index (κ2) is 12.4. The second-order valence-corrected chi connectivity index (χ2v) is 9.37. The molecule has 3 aromatic rings. The van der Waals surface area contributed by atoms with Crippen LogP contribution in [0.2, 0.25) is 0 Å². The minimum absolute atomic E-state index is 0.00153. The van der Waals surface area contributed by atoms with E-state index in [1.807, 2.05) is 31.2 Å². The predicted octanol–water partition coefficient (Wildman–Crippen LogP) is 0.0466. The number of carbonyl (C=O) groups is 4. The molecule has 2 bridgehead atoms. The molecule has 39 heavy (non-hydrogen) atoms. The van der Waals surface area contributed by atoms with Crippen molar-refractivity contribution in [1.82, 2.24) is 31.0 Å². The molecule has 5 N–H and O–H groups in total. The lowest BCUT2D eigenvalue weighted by Crippen LogP contribution is -2.53. The smallest absolute Gasteiger partial charge is 0.252 e. The molecule has 1 aromatic heterocycles. The number of H-pyrrole nitrogens is 1. The summed E-state index contributed by atoms with van der Waals surface area (Å²) in [5, 5.41) is 26.0. The predicted molar refractivity (Wildman–Crippen MR) is 142 cm³/mol. The highest BCUT2D eigenvalue weighted by molar-refractivity contribution is 5.98. The van der Waals surface area contributed by atoms with Gasteiger partial charge >= 0.3 is 0 Å². The molecule has 206 valence electrons. The van der Waals surface area contributed by atoms with Crippen LogP contribution >= 0.6 is 0 Å². The van der Waals surface area contributed by atoms with Gasteiger partial charge < -0.3 is 30.7 Å². The average molecular weight is 537 g/mol. The van der Waals surface area contributed by atoms with E-state index < -0.39 is 24.0 Å². The molecule has 12 nitrogen and oxygen atoms in total. The van der Waals surface area contributed by atoms with Crippen LogP contribution in [0.15, 0.2) is 42.5 Å². The van der Waals surface area contributed by atoms with Gasteiger partial charge in [0.15, 0.2) is 0 Å². The molecule has 1 aliphatic heterocycles. The number of nitrogens with one attached hydrogen (secondary N) is 4. The SMILES string of the molecule is Cc1ccc2cc1OCCNC(=O)CN(C(=O)Cc1[nH]nc3ccccc13)CCNC(=O)[C@H]([C@@H](C)O)NC2=O. The van der Waals surface area contributed by atoms with Gasteiger partial charge in [0, 0.05) is 24.0 Å². The summed E-state index contributed by atoms with van der Waals surface area (Å²) in [7, 11) is 0. The highest BCUT2D eigenvalue weighted by atomic mass is 16.5. The zero-order chi connectivity index (χ0) is 27.9. The third kappa shape index (κ3) is 6.90. The average Bonchev–Trinajstić information content (AvgIpc) is 3.31. The standard InChI is InChI=1S/C27H32N6O6/c1-16-7-8-18-13-22(16)39-12-10-28-23(35)15-33(11-9-29-27(38)25(17(2)34)30-26(18)37)24(36)14-21-19-5-3-4-6-20(19)31-32-21/h3-8,13,17,25,34H,9-12,14-15H2,1-2H3,(H,28,35)(H,29,38)(H,30,37)(H,31,32)/t17-,25+/m1/s1. The summed E-state index contributed by atoms with van der Waals surface area (Å²) in [6.45, 7) is 3.33. The first kappa shape index (κ1) is 27.6. The van der Waals surface area contributed by atoms with E-state index in [0.717, 1.165) is 16.5 Å². The molecular formula is C27H32N6O6. The van der Waals surface area contributed by atoms with Crippen molar-refractivity contribution in [2.75, 3.05) is 32.8 Å². The second-order valence-electron chi connectivity index (χ2n) is 9.37. The number of hydrogen-bond acceptors (Lipinski definition) is 7. The van der Waals surface area contributed by atoms with Gasteiger partial charge in [0.05, 0.1) is 36.8 Å². The van der Waals surface area contributed by atoms with Crippen molar-refractivity contribution in [3.05, 3.63) is 59.3 Å². The molecule has 1 aliphatic rings. The highest BCUT2D eigenvalue weighted by Crippen LogP contribution is 2.20. The van der Waals surface area contributed by atoms with Gasteiger partial charge in [-0.2, -0.15) is 5.10 Å². The molecule has 0 radical (unpaired) electrons. The van der Waals surface area contributed by atoms with Crippen molar-refractivity contribution in [3.63, 3.8) is 0 Å². The first-order chi connectivity index (χ1) is 18.7. The maximum absolute atomic E-state index is 13.2. The van der Waals surface area contributed by atoms with Crippen LogP contribution < -0.4 is 20.7 Å². The van der Waals surface area contributed by atoms with Crippen LogP contribution in [0.25, 0.3) is 10.9 Å². The van der Waals surface area contributed by atoms with Gasteiger partial charge in [0.1, 0.15) is 18.4 Å². The van der Waals surface area contributed by atoms with Crippen molar-refractivity contribution < 1.29 is 29.0 Å². The molecule has 4 rings (SSSR count). The Bertz CT molecular complexity index is 1370. The van der Waals surface area contributed by atoms with E-state index in [4.69, 9.17) is 4.74 Å². The number of carbonyl (C=O) groups excluding carboxylic acids is 4. The molecular weight excluding hydrogens is 504 g/mol. The van der Waals surface area contributed by atoms with Gasteiger partial charge in [-0.1, -0.05) is 24.3 Å². The van der Waals surface area contributed by atoms with Crippen molar-refractivity contribution in [3.8, 4) is 5.75 Å². The van der Waals surface area contributed by atoms with Gasteiger partial charge in [0.25, 0.3) is 5.91 Å². The highest BCUT2D eigenvalue weighted by Gasteiger charge is 2.27. The first-order valence-electron chi connectivity index (χ1n) is 12.7. The Hall–Kier alpha value is -4.45. The Kier molecular flexibility index (Phi) is 8.77. The number of aliphatic hydroxyl groups is 1. The van der Waals surface area contributed by atoms with Crippen LogP contribution in [0.1, 0.15) is 28.5 Å². The molecule has 0 aliphatic carbocycles. The van der Waals surface area contributed by atoms with Crippen LogP contribution in [-0.2, 0) is 20.8 Å². The van der Waals surface area contributed by atoms with Gasteiger partial charge in [-0.25, -0.2) is 0 Å². The monoisotopic (exact) mass is 536 g/mol. The van der Waals surface area contributed by atoms with Crippen molar-refractivity contribution in [2.24, 2.45) is 0 Å². The summed E-state index contributed by atoms with van der Waals surface area (Å²) in [6, 6.07) is 11.0. The molecule has 12 heteroatoms. The van der Waals surface area contributed by atoms with Crippen molar-refractivity contribution in [1.29, 1.82) is 0 Å². The number of aromatic nitrogens is 2. The lowest BCUT2D eigenvalue weighted by Gasteiger charge is -2.24. The number of nitrogens with zero attached hydrogens (tertiary/aromatic N) is 2. The maximum atomic E-state index is 13.2.